The van der Waals surface area contributed by atoms with E-state index >= 15 is 0 Å². The summed E-state index contributed by atoms with van der Waals surface area (Å²) in [5.41, 5.74) is -2.64. The number of carbonyl (C=O) groups is 2. The van der Waals surface area contributed by atoms with Crippen molar-refractivity contribution in [1.82, 2.24) is 0 Å². The fourth-order valence-electron chi connectivity index (χ4n) is 0.787. The third kappa shape index (κ3) is 3.83. The number of hydrogen-bond acceptors (Lipinski definition) is 5. The Morgan fingerprint density at radius 2 is 1.69 bits per heavy atom. The zero-order valence-corrected chi connectivity index (χ0v) is 6.54. The summed E-state index contributed by atoms with van der Waals surface area (Å²) >= 11 is 0. The highest BCUT2D eigenvalue weighted by molar-refractivity contribution is 5.83. The van der Waals surface area contributed by atoms with Crippen LogP contribution in [0.5, 0.6) is 0 Å². The lowest BCUT2D eigenvalue weighted by molar-refractivity contribution is -0.175. The summed E-state index contributed by atoms with van der Waals surface area (Å²) in [6.45, 7) is 0. The molecule has 0 aliphatic heterocycles. The molecule has 0 fully saturated rings. The van der Waals surface area contributed by atoms with Crippen LogP contribution in [-0.2, 0) is 9.59 Å². The van der Waals surface area contributed by atoms with Gasteiger partial charge in [0.2, 0.25) is 0 Å². The van der Waals surface area contributed by atoms with Gasteiger partial charge in [-0.15, -0.1) is 0 Å². The minimum absolute atomic E-state index is 0.950. The summed E-state index contributed by atoms with van der Waals surface area (Å²) in [7, 11) is 0. The number of aliphatic hydroxyl groups is 3. The molecule has 0 aliphatic carbocycles. The maximum Gasteiger partial charge on any atom is 0.336 e. The molecule has 0 aromatic carbocycles. The molecule has 0 spiro atoms. The minimum atomic E-state index is -2.64. The van der Waals surface area contributed by atoms with E-state index in [1.54, 1.807) is 0 Å². The molecule has 0 rings (SSSR count). The Labute approximate surface area is 72.9 Å². The van der Waals surface area contributed by atoms with Gasteiger partial charge in [0.25, 0.3) is 0 Å². The standard InChI is InChI=1S/C6H10O7/c7-3(8)1-6(13,5(11)12)2-4(9)10/h3,7-8,13H,1-2H2,(H,9,10)(H,11,12)/t6-/m0/s1. The molecule has 0 saturated carbocycles. The van der Waals surface area contributed by atoms with Gasteiger partial charge in [-0.3, -0.25) is 4.79 Å². The van der Waals surface area contributed by atoms with Crippen LogP contribution in [0.15, 0.2) is 0 Å². The highest BCUT2D eigenvalue weighted by atomic mass is 16.5. The number of aliphatic hydroxyl groups excluding tert-OH is 1. The summed E-state index contributed by atoms with van der Waals surface area (Å²) in [4.78, 5) is 20.5. The third-order valence-electron chi connectivity index (χ3n) is 1.36. The molecule has 5 N–H and O–H groups in total. The van der Waals surface area contributed by atoms with Gasteiger partial charge in [-0.2, -0.15) is 0 Å². The van der Waals surface area contributed by atoms with E-state index in [1.807, 2.05) is 0 Å². The van der Waals surface area contributed by atoms with Gasteiger partial charge in [-0.1, -0.05) is 0 Å². The number of aliphatic carboxylic acids is 2. The van der Waals surface area contributed by atoms with Gasteiger partial charge in [-0.25, -0.2) is 4.79 Å². The van der Waals surface area contributed by atoms with Gasteiger partial charge in [0, 0.05) is 6.42 Å². The lowest BCUT2D eigenvalue weighted by Gasteiger charge is -2.21. The molecule has 76 valence electrons. The Balaban J connectivity index is 4.52. The molecule has 13 heavy (non-hydrogen) atoms. The zero-order chi connectivity index (χ0) is 10.6. The molecule has 7 nitrogen and oxygen atoms in total. The monoisotopic (exact) mass is 194 g/mol. The molecule has 0 saturated heterocycles. The quantitative estimate of drug-likeness (QED) is 0.318. The lowest BCUT2D eigenvalue weighted by atomic mass is 9.95. The summed E-state index contributed by atoms with van der Waals surface area (Å²) in [5, 5.41) is 42.5. The maximum atomic E-state index is 10.4. The SMILES string of the molecule is O=C(O)C[C@@](O)(CC(O)O)C(=O)O. The molecule has 0 radical (unpaired) electrons. The normalized spacial score (nSPS) is 15.4. The van der Waals surface area contributed by atoms with Gasteiger partial charge in [0.05, 0.1) is 6.42 Å². The van der Waals surface area contributed by atoms with E-state index in [1.165, 1.54) is 0 Å². The molecule has 0 amide bonds. The molecule has 0 heterocycles. The predicted octanol–water partition coefficient (Wildman–Crippen LogP) is -2.02. The van der Waals surface area contributed by atoms with Crippen molar-refractivity contribution in [3.05, 3.63) is 0 Å². The van der Waals surface area contributed by atoms with Crippen molar-refractivity contribution >= 4 is 11.9 Å². The van der Waals surface area contributed by atoms with Crippen LogP contribution < -0.4 is 0 Å². The highest BCUT2D eigenvalue weighted by Crippen LogP contribution is 2.17. The van der Waals surface area contributed by atoms with E-state index in [-0.39, 0.29) is 0 Å². The Kier molecular flexibility index (Phi) is 3.79. The van der Waals surface area contributed by atoms with Gasteiger partial charge in [0.15, 0.2) is 11.9 Å². The van der Waals surface area contributed by atoms with Crippen LogP contribution in [0.25, 0.3) is 0 Å². The van der Waals surface area contributed by atoms with E-state index in [2.05, 4.69) is 0 Å². The predicted molar refractivity (Wildman–Crippen MR) is 37.7 cm³/mol. The maximum absolute atomic E-state index is 10.4. The van der Waals surface area contributed by atoms with Crippen LogP contribution in [0, 0.1) is 0 Å². The zero-order valence-electron chi connectivity index (χ0n) is 6.54. The fourth-order valence-corrected chi connectivity index (χ4v) is 0.787. The molecule has 0 aromatic heterocycles. The molecule has 0 aromatic rings. The van der Waals surface area contributed by atoms with E-state index < -0.39 is 36.7 Å². The number of carboxylic acids is 2. The van der Waals surface area contributed by atoms with Crippen LogP contribution in [0.1, 0.15) is 12.8 Å². The van der Waals surface area contributed by atoms with Gasteiger partial charge >= 0.3 is 11.9 Å². The van der Waals surface area contributed by atoms with Crippen LogP contribution in [0.2, 0.25) is 0 Å². The smallest absolute Gasteiger partial charge is 0.336 e. The van der Waals surface area contributed by atoms with Crippen molar-refractivity contribution in [3.63, 3.8) is 0 Å². The molecule has 0 bridgehead atoms. The van der Waals surface area contributed by atoms with Crippen LogP contribution in [0.4, 0.5) is 0 Å². The number of rotatable bonds is 5. The Morgan fingerprint density at radius 1 is 1.23 bits per heavy atom. The summed E-state index contributed by atoms with van der Waals surface area (Å²) in [6, 6.07) is 0. The first-order valence-corrected chi connectivity index (χ1v) is 3.31. The van der Waals surface area contributed by atoms with Crippen LogP contribution in [0.3, 0.4) is 0 Å². The second-order valence-electron chi connectivity index (χ2n) is 2.59. The van der Waals surface area contributed by atoms with E-state index in [4.69, 9.17) is 25.5 Å². The Hall–Kier alpha value is -1.18. The van der Waals surface area contributed by atoms with E-state index in [9.17, 15) is 9.59 Å². The summed E-state index contributed by atoms with van der Waals surface area (Å²) in [6.07, 6.45) is -4.10. The van der Waals surface area contributed by atoms with Crippen molar-refractivity contribution in [1.29, 1.82) is 0 Å². The average Bonchev–Trinajstić information content (AvgIpc) is 1.82. The van der Waals surface area contributed by atoms with E-state index in [0.29, 0.717) is 0 Å². The minimum Gasteiger partial charge on any atom is -0.481 e. The van der Waals surface area contributed by atoms with Gasteiger partial charge in [-0.05, 0) is 0 Å². The van der Waals surface area contributed by atoms with Crippen molar-refractivity contribution in [2.24, 2.45) is 0 Å². The Morgan fingerprint density at radius 3 is 1.92 bits per heavy atom. The molecule has 1 atom stereocenters. The first kappa shape index (κ1) is 11.8. The number of hydrogen-bond donors (Lipinski definition) is 5. The van der Waals surface area contributed by atoms with Gasteiger partial charge in [0.1, 0.15) is 0 Å². The average molecular weight is 194 g/mol. The van der Waals surface area contributed by atoms with E-state index in [0.717, 1.165) is 0 Å². The number of carboxylic acid groups (broad SMARTS) is 2. The second kappa shape index (κ2) is 4.17. The molecular weight excluding hydrogens is 184 g/mol. The Bertz CT molecular complexity index is 211. The van der Waals surface area contributed by atoms with Crippen molar-refractivity contribution in [2.75, 3.05) is 0 Å². The molecular formula is C6H10O7. The topological polar surface area (TPSA) is 135 Å². The first-order valence-electron chi connectivity index (χ1n) is 3.31. The fraction of sp³-hybridized carbons (Fsp3) is 0.667. The van der Waals surface area contributed by atoms with Crippen LogP contribution >= 0.6 is 0 Å². The van der Waals surface area contributed by atoms with Gasteiger partial charge < -0.3 is 25.5 Å². The van der Waals surface area contributed by atoms with Crippen molar-refractivity contribution < 1.29 is 35.1 Å². The largest absolute Gasteiger partial charge is 0.481 e. The molecule has 0 aliphatic rings. The molecule has 7 heteroatoms. The first-order chi connectivity index (χ1) is 5.78. The summed E-state index contributed by atoms with van der Waals surface area (Å²) in [5.74, 6) is -3.34. The molecule has 0 unspecified atom stereocenters. The lowest BCUT2D eigenvalue weighted by Crippen LogP contribution is -2.43. The van der Waals surface area contributed by atoms with Crippen molar-refractivity contribution in [2.45, 2.75) is 24.7 Å². The highest BCUT2D eigenvalue weighted by Gasteiger charge is 2.40. The van der Waals surface area contributed by atoms with Crippen LogP contribution in [-0.4, -0.2) is 49.4 Å². The van der Waals surface area contributed by atoms with Crippen molar-refractivity contribution in [3.8, 4) is 0 Å². The third-order valence-corrected chi connectivity index (χ3v) is 1.36. The second-order valence-corrected chi connectivity index (χ2v) is 2.59. The summed E-state index contributed by atoms with van der Waals surface area (Å²) < 4.78 is 0.